The van der Waals surface area contributed by atoms with Crippen LogP contribution in [0.3, 0.4) is 0 Å². The van der Waals surface area contributed by atoms with E-state index in [1.54, 1.807) is 0 Å². The van der Waals surface area contributed by atoms with Gasteiger partial charge in [-0.25, -0.2) is 8.78 Å². The summed E-state index contributed by atoms with van der Waals surface area (Å²) in [6.07, 6.45) is 5.02. The summed E-state index contributed by atoms with van der Waals surface area (Å²) in [6.45, 7) is 3.10. The molecule has 0 radical (unpaired) electrons. The molecule has 28 heavy (non-hydrogen) atoms. The predicted octanol–water partition coefficient (Wildman–Crippen LogP) is 6.45. The van der Waals surface area contributed by atoms with Gasteiger partial charge >= 0.3 is 0 Å². The van der Waals surface area contributed by atoms with Crippen LogP contribution in [0.5, 0.6) is 0 Å². The van der Waals surface area contributed by atoms with E-state index in [0.29, 0.717) is 31.7 Å². The molecular formula is C25H31F2N. The molecule has 2 fully saturated rings. The Balaban J connectivity index is 1.51. The molecule has 2 aromatic carbocycles. The molecule has 1 nitrogen and oxygen atoms in total. The monoisotopic (exact) mass is 383 g/mol. The van der Waals surface area contributed by atoms with E-state index in [1.807, 2.05) is 24.3 Å². The van der Waals surface area contributed by atoms with Crippen LogP contribution in [0.1, 0.15) is 67.7 Å². The molecule has 3 heteroatoms. The van der Waals surface area contributed by atoms with Crippen LogP contribution in [0.25, 0.3) is 0 Å². The minimum Gasteiger partial charge on any atom is -0.299 e. The first kappa shape index (κ1) is 19.6. The summed E-state index contributed by atoms with van der Waals surface area (Å²) in [5.74, 6) is 0. The molecule has 0 N–H and O–H groups in total. The minimum atomic E-state index is -1.21. The Hall–Kier alpha value is -1.74. The van der Waals surface area contributed by atoms with Crippen LogP contribution in [0.4, 0.5) is 8.78 Å². The van der Waals surface area contributed by atoms with Gasteiger partial charge in [-0.05, 0) is 74.2 Å². The third-order valence-electron chi connectivity index (χ3n) is 6.62. The molecule has 0 bridgehead atoms. The van der Waals surface area contributed by atoms with Crippen LogP contribution >= 0.6 is 0 Å². The van der Waals surface area contributed by atoms with Crippen molar-refractivity contribution in [1.29, 1.82) is 0 Å². The second-order valence-electron chi connectivity index (χ2n) is 8.76. The summed E-state index contributed by atoms with van der Waals surface area (Å²) in [4.78, 5) is 2.38. The molecule has 0 amide bonds. The van der Waals surface area contributed by atoms with E-state index < -0.39 is 11.3 Å². The zero-order chi connectivity index (χ0) is 19.8. The number of alkyl halides is 2. The van der Waals surface area contributed by atoms with Gasteiger partial charge < -0.3 is 0 Å². The SMILES string of the molecule is CCC(CCc1c(C2(F)CC2)cccc1C1(F)CC1)N(C)Cc1ccccc1. The maximum Gasteiger partial charge on any atom is 0.136 e. The highest BCUT2D eigenvalue weighted by Crippen LogP contribution is 2.56. The van der Waals surface area contributed by atoms with E-state index in [-0.39, 0.29) is 0 Å². The molecule has 4 rings (SSSR count). The lowest BCUT2D eigenvalue weighted by Crippen LogP contribution is -2.31. The van der Waals surface area contributed by atoms with E-state index >= 15 is 8.78 Å². The van der Waals surface area contributed by atoms with Gasteiger partial charge in [0.1, 0.15) is 11.3 Å². The Kier molecular flexibility index (Phi) is 5.30. The Labute approximate surface area is 167 Å². The Bertz CT molecular complexity index is 772. The zero-order valence-corrected chi connectivity index (χ0v) is 17.1. The normalized spacial score (nSPS) is 20.2. The highest BCUT2D eigenvalue weighted by atomic mass is 19.1. The van der Waals surface area contributed by atoms with Gasteiger partial charge in [0, 0.05) is 12.6 Å². The molecule has 2 saturated carbocycles. The van der Waals surface area contributed by atoms with Crippen LogP contribution < -0.4 is 0 Å². The minimum absolute atomic E-state index is 0.394. The predicted molar refractivity (Wildman–Crippen MR) is 111 cm³/mol. The lowest BCUT2D eigenvalue weighted by molar-refractivity contribution is 0.215. The lowest BCUT2D eigenvalue weighted by Gasteiger charge is -2.28. The summed E-state index contributed by atoms with van der Waals surface area (Å²) in [5, 5.41) is 0. The lowest BCUT2D eigenvalue weighted by atomic mass is 9.88. The maximum atomic E-state index is 15.0. The van der Waals surface area contributed by atoms with Crippen molar-refractivity contribution in [2.75, 3.05) is 7.05 Å². The molecule has 0 heterocycles. The van der Waals surface area contributed by atoms with Gasteiger partial charge in [0.2, 0.25) is 0 Å². The smallest absolute Gasteiger partial charge is 0.136 e. The first-order valence-electron chi connectivity index (χ1n) is 10.7. The summed E-state index contributed by atoms with van der Waals surface area (Å²) < 4.78 is 30.0. The van der Waals surface area contributed by atoms with Crippen molar-refractivity contribution in [3.63, 3.8) is 0 Å². The zero-order valence-electron chi connectivity index (χ0n) is 17.1. The van der Waals surface area contributed by atoms with Crippen molar-refractivity contribution in [2.24, 2.45) is 0 Å². The molecule has 2 aliphatic rings. The number of benzene rings is 2. The summed E-state index contributed by atoms with van der Waals surface area (Å²) in [6, 6.07) is 16.5. The number of rotatable bonds is 9. The Morgan fingerprint density at radius 1 is 0.893 bits per heavy atom. The van der Waals surface area contributed by atoms with Crippen molar-refractivity contribution >= 4 is 0 Å². The maximum absolute atomic E-state index is 15.0. The molecule has 0 aromatic heterocycles. The van der Waals surface area contributed by atoms with Gasteiger partial charge in [-0.2, -0.15) is 0 Å². The standard InChI is InChI=1S/C25H31F2N/c1-3-20(28(2)18-19-8-5-4-6-9-19)12-13-21-22(24(26)14-15-24)10-7-11-23(21)25(27)16-17-25/h4-11,20H,3,12-18H2,1-2H3. The van der Waals surface area contributed by atoms with Crippen LogP contribution in [-0.2, 0) is 24.3 Å². The van der Waals surface area contributed by atoms with Crippen LogP contribution in [0, 0.1) is 0 Å². The highest BCUT2D eigenvalue weighted by Gasteiger charge is 2.50. The van der Waals surface area contributed by atoms with Crippen LogP contribution in [0.15, 0.2) is 48.5 Å². The van der Waals surface area contributed by atoms with Gasteiger partial charge in [-0.3, -0.25) is 4.90 Å². The van der Waals surface area contributed by atoms with E-state index in [0.717, 1.165) is 42.5 Å². The number of halogens is 2. The van der Waals surface area contributed by atoms with E-state index in [1.165, 1.54) is 5.56 Å². The van der Waals surface area contributed by atoms with Gasteiger partial charge in [-0.15, -0.1) is 0 Å². The van der Waals surface area contributed by atoms with E-state index in [2.05, 4.69) is 43.1 Å². The highest BCUT2D eigenvalue weighted by molar-refractivity contribution is 5.46. The van der Waals surface area contributed by atoms with Gasteiger partial charge in [0.15, 0.2) is 0 Å². The van der Waals surface area contributed by atoms with Crippen molar-refractivity contribution in [3.8, 4) is 0 Å². The fourth-order valence-corrected chi connectivity index (χ4v) is 4.50. The number of nitrogens with zero attached hydrogens (tertiary/aromatic N) is 1. The first-order valence-corrected chi connectivity index (χ1v) is 10.7. The van der Waals surface area contributed by atoms with Crippen molar-refractivity contribution in [3.05, 3.63) is 70.8 Å². The van der Waals surface area contributed by atoms with Crippen molar-refractivity contribution < 1.29 is 8.78 Å². The summed E-state index contributed by atoms with van der Waals surface area (Å²) in [7, 11) is 2.16. The third kappa shape index (κ3) is 4.00. The molecule has 1 atom stereocenters. The Morgan fingerprint density at radius 2 is 1.46 bits per heavy atom. The summed E-state index contributed by atoms with van der Waals surface area (Å²) >= 11 is 0. The molecule has 0 aliphatic heterocycles. The average molecular weight is 384 g/mol. The topological polar surface area (TPSA) is 3.24 Å². The van der Waals surface area contributed by atoms with Gasteiger partial charge in [0.25, 0.3) is 0 Å². The first-order chi connectivity index (χ1) is 13.5. The van der Waals surface area contributed by atoms with Gasteiger partial charge in [0.05, 0.1) is 0 Å². The van der Waals surface area contributed by atoms with Crippen LogP contribution in [-0.4, -0.2) is 18.0 Å². The molecule has 2 aliphatic carbocycles. The third-order valence-corrected chi connectivity index (χ3v) is 6.62. The Morgan fingerprint density at radius 3 is 1.96 bits per heavy atom. The number of hydrogen-bond donors (Lipinski definition) is 0. The van der Waals surface area contributed by atoms with Crippen LogP contribution in [0.2, 0.25) is 0 Å². The fourth-order valence-electron chi connectivity index (χ4n) is 4.50. The fraction of sp³-hybridized carbons (Fsp3) is 0.520. The second kappa shape index (κ2) is 7.59. The molecule has 0 saturated heterocycles. The quantitative estimate of drug-likeness (QED) is 0.481. The molecule has 150 valence electrons. The molecule has 1 unspecified atom stereocenters. The molecule has 0 spiro atoms. The summed E-state index contributed by atoms with van der Waals surface area (Å²) in [5.41, 5.74) is 1.34. The van der Waals surface area contributed by atoms with Crippen molar-refractivity contribution in [2.45, 2.75) is 75.8 Å². The van der Waals surface area contributed by atoms with Gasteiger partial charge in [-0.1, -0.05) is 55.5 Å². The second-order valence-corrected chi connectivity index (χ2v) is 8.76. The molecule has 2 aromatic rings. The largest absolute Gasteiger partial charge is 0.299 e. The van der Waals surface area contributed by atoms with Crippen molar-refractivity contribution in [1.82, 2.24) is 4.90 Å². The average Bonchev–Trinajstić information content (AvgIpc) is 3.62. The molecular weight excluding hydrogens is 352 g/mol. The number of hydrogen-bond acceptors (Lipinski definition) is 1. The van der Waals surface area contributed by atoms with E-state index in [4.69, 9.17) is 0 Å². The van der Waals surface area contributed by atoms with E-state index in [9.17, 15) is 0 Å².